The molecule has 0 bridgehead atoms. The number of nitrogens with one attached hydrogen (secondary N) is 1. The zero-order chi connectivity index (χ0) is 18.0. The summed E-state index contributed by atoms with van der Waals surface area (Å²) < 4.78 is 36.6. The van der Waals surface area contributed by atoms with E-state index in [0.29, 0.717) is 11.4 Å². The lowest BCUT2D eigenvalue weighted by Gasteiger charge is -2.24. The summed E-state index contributed by atoms with van der Waals surface area (Å²) in [6.07, 6.45) is 0. The van der Waals surface area contributed by atoms with Crippen molar-refractivity contribution in [2.75, 3.05) is 26.5 Å². The Labute approximate surface area is 141 Å². The lowest BCUT2D eigenvalue weighted by Crippen LogP contribution is -2.46. The topological polar surface area (TPSA) is 92.7 Å². The summed E-state index contributed by atoms with van der Waals surface area (Å²) in [5.74, 6) is 0.277. The minimum atomic E-state index is -4.37. The van der Waals surface area contributed by atoms with Gasteiger partial charge in [-0.05, 0) is 30.3 Å². The molecule has 8 heteroatoms. The van der Waals surface area contributed by atoms with Crippen molar-refractivity contribution >= 4 is 27.6 Å². The highest BCUT2D eigenvalue weighted by molar-refractivity contribution is 7.85. The van der Waals surface area contributed by atoms with Gasteiger partial charge in [0.1, 0.15) is 11.4 Å². The Bertz CT molecular complexity index is 845. The van der Waals surface area contributed by atoms with Gasteiger partial charge in [-0.25, -0.2) is 4.55 Å². The molecule has 0 spiro atoms. The molecule has 2 aromatic carbocycles. The maximum atomic E-state index is 12.3. The number of quaternary nitrogens is 1. The van der Waals surface area contributed by atoms with Gasteiger partial charge in [0.15, 0.2) is 0 Å². The summed E-state index contributed by atoms with van der Waals surface area (Å²) in [5, 5.41) is 2.71. The standard InChI is InChI=1S/C16H18N2O5S/c1-18(2,24(20,21)22)14-6-4-5-12(11-14)16(19)17-13-7-9-15(23-3)10-8-13/h4-11H,1-3H3,(H-,17,19,20,21,22)/p+1. The number of carbonyl (C=O) groups is 1. The van der Waals surface area contributed by atoms with E-state index in [9.17, 15) is 17.8 Å². The minimum absolute atomic E-state index is 0.264. The van der Waals surface area contributed by atoms with Crippen molar-refractivity contribution in [3.05, 3.63) is 54.1 Å². The normalized spacial score (nSPS) is 11.8. The van der Waals surface area contributed by atoms with E-state index < -0.39 is 20.1 Å². The quantitative estimate of drug-likeness (QED) is 0.637. The number of amides is 1. The number of anilines is 1. The number of benzene rings is 2. The lowest BCUT2D eigenvalue weighted by molar-refractivity contribution is 0.102. The molecule has 0 saturated heterocycles. The average molecular weight is 351 g/mol. The molecular weight excluding hydrogens is 332 g/mol. The van der Waals surface area contributed by atoms with Crippen molar-refractivity contribution in [1.82, 2.24) is 3.89 Å². The SMILES string of the molecule is COc1ccc(NC(=O)c2cccc([N+](C)(C)S(=O)(=O)O)c2)cc1. The van der Waals surface area contributed by atoms with Crippen molar-refractivity contribution in [3.8, 4) is 5.75 Å². The van der Waals surface area contributed by atoms with Crippen LogP contribution in [0.5, 0.6) is 5.75 Å². The van der Waals surface area contributed by atoms with E-state index in [-0.39, 0.29) is 11.3 Å². The van der Waals surface area contributed by atoms with E-state index in [1.165, 1.54) is 26.2 Å². The molecule has 0 radical (unpaired) electrons. The molecule has 2 rings (SSSR count). The van der Waals surface area contributed by atoms with Gasteiger partial charge < -0.3 is 10.1 Å². The molecule has 0 aliphatic carbocycles. The first-order valence-corrected chi connectivity index (χ1v) is 8.42. The monoisotopic (exact) mass is 351 g/mol. The van der Waals surface area contributed by atoms with Crippen molar-refractivity contribution < 1.29 is 22.5 Å². The van der Waals surface area contributed by atoms with Gasteiger partial charge in [0.25, 0.3) is 5.91 Å². The van der Waals surface area contributed by atoms with Crippen LogP contribution in [0.1, 0.15) is 10.4 Å². The third-order valence-electron chi connectivity index (χ3n) is 3.65. The lowest BCUT2D eigenvalue weighted by atomic mass is 10.1. The van der Waals surface area contributed by atoms with E-state index in [1.807, 2.05) is 0 Å². The molecule has 2 aromatic rings. The second-order valence-electron chi connectivity index (χ2n) is 5.53. The summed E-state index contributed by atoms with van der Waals surface area (Å²) in [6.45, 7) is 0. The van der Waals surface area contributed by atoms with Gasteiger partial charge >= 0.3 is 10.3 Å². The molecular formula is C16H19N2O5S+. The van der Waals surface area contributed by atoms with E-state index in [0.717, 1.165) is 0 Å². The Balaban J connectivity index is 2.26. The molecule has 1 amide bonds. The van der Waals surface area contributed by atoms with Gasteiger partial charge in [-0.15, -0.1) is 8.42 Å². The molecule has 0 fully saturated rings. The Kier molecular flexibility index (Phi) is 4.93. The van der Waals surface area contributed by atoms with Crippen LogP contribution < -0.4 is 13.9 Å². The molecule has 24 heavy (non-hydrogen) atoms. The molecule has 128 valence electrons. The maximum absolute atomic E-state index is 12.3. The number of rotatable bonds is 5. The number of nitrogens with zero attached hydrogens (tertiary/aromatic N) is 1. The second-order valence-corrected chi connectivity index (χ2v) is 7.34. The molecule has 7 nitrogen and oxygen atoms in total. The van der Waals surface area contributed by atoms with Crippen LogP contribution in [0.15, 0.2) is 48.5 Å². The van der Waals surface area contributed by atoms with Gasteiger partial charge in [-0.1, -0.05) is 6.07 Å². The summed E-state index contributed by atoms with van der Waals surface area (Å²) in [4.78, 5) is 12.3. The first kappa shape index (κ1) is 17.9. The van der Waals surface area contributed by atoms with Crippen molar-refractivity contribution in [3.63, 3.8) is 0 Å². The van der Waals surface area contributed by atoms with Gasteiger partial charge in [-0.3, -0.25) is 4.79 Å². The number of methoxy groups -OCH3 is 1. The highest BCUT2D eigenvalue weighted by atomic mass is 32.2. The van der Waals surface area contributed by atoms with Crippen LogP contribution in [0.2, 0.25) is 0 Å². The van der Waals surface area contributed by atoms with Crippen LogP contribution in [-0.4, -0.2) is 40.1 Å². The average Bonchev–Trinajstić information content (AvgIpc) is 2.54. The summed E-state index contributed by atoms with van der Waals surface area (Å²) in [5.41, 5.74) is 1.12. The second kappa shape index (κ2) is 6.60. The van der Waals surface area contributed by atoms with Crippen LogP contribution in [0.25, 0.3) is 0 Å². The van der Waals surface area contributed by atoms with Gasteiger partial charge in [-0.2, -0.15) is 3.89 Å². The van der Waals surface area contributed by atoms with E-state index in [2.05, 4.69) is 5.32 Å². The summed E-state index contributed by atoms with van der Waals surface area (Å²) in [6, 6.07) is 12.9. The Morgan fingerprint density at radius 1 is 1.12 bits per heavy atom. The summed E-state index contributed by atoms with van der Waals surface area (Å²) >= 11 is 0. The van der Waals surface area contributed by atoms with Crippen molar-refractivity contribution in [2.45, 2.75) is 0 Å². The molecule has 0 aliphatic rings. The fourth-order valence-electron chi connectivity index (χ4n) is 1.99. The van der Waals surface area contributed by atoms with Gasteiger partial charge in [0.2, 0.25) is 0 Å². The molecule has 0 unspecified atom stereocenters. The van der Waals surface area contributed by atoms with Crippen LogP contribution >= 0.6 is 0 Å². The Hall–Kier alpha value is -2.42. The molecule has 0 saturated carbocycles. The number of ether oxygens (including phenoxy) is 1. The molecule has 0 atom stereocenters. The molecule has 0 aliphatic heterocycles. The fraction of sp³-hybridized carbons (Fsp3) is 0.188. The smallest absolute Gasteiger partial charge is 0.437 e. The highest BCUT2D eigenvalue weighted by Crippen LogP contribution is 2.24. The first-order valence-electron chi connectivity index (χ1n) is 7.03. The molecule has 2 N–H and O–H groups in total. The third-order valence-corrected chi connectivity index (χ3v) is 5.02. The predicted octanol–water partition coefficient (Wildman–Crippen LogP) is 2.32. The molecule has 0 aromatic heterocycles. The minimum Gasteiger partial charge on any atom is -0.497 e. The van der Waals surface area contributed by atoms with Crippen LogP contribution in [0.4, 0.5) is 11.4 Å². The molecule has 0 heterocycles. The maximum Gasteiger partial charge on any atom is 0.437 e. The predicted molar refractivity (Wildman–Crippen MR) is 92.6 cm³/mol. The van der Waals surface area contributed by atoms with Gasteiger partial charge in [0, 0.05) is 23.4 Å². The van der Waals surface area contributed by atoms with Crippen molar-refractivity contribution in [2.24, 2.45) is 0 Å². The zero-order valence-corrected chi connectivity index (χ0v) is 14.4. The Morgan fingerprint density at radius 3 is 2.29 bits per heavy atom. The zero-order valence-electron chi connectivity index (χ0n) is 13.6. The number of hydrogen-bond donors (Lipinski definition) is 2. The Morgan fingerprint density at radius 2 is 1.75 bits per heavy atom. The van der Waals surface area contributed by atoms with E-state index >= 15 is 0 Å². The van der Waals surface area contributed by atoms with E-state index in [1.54, 1.807) is 43.5 Å². The van der Waals surface area contributed by atoms with Crippen molar-refractivity contribution in [1.29, 1.82) is 0 Å². The third kappa shape index (κ3) is 3.73. The number of carbonyl (C=O) groups excluding carboxylic acids is 1. The van der Waals surface area contributed by atoms with Crippen LogP contribution in [0.3, 0.4) is 0 Å². The largest absolute Gasteiger partial charge is 0.497 e. The summed E-state index contributed by atoms with van der Waals surface area (Å²) in [7, 11) is -0.192. The van der Waals surface area contributed by atoms with Crippen LogP contribution in [-0.2, 0) is 10.3 Å². The van der Waals surface area contributed by atoms with Gasteiger partial charge in [0.05, 0.1) is 21.2 Å². The highest BCUT2D eigenvalue weighted by Gasteiger charge is 2.34. The number of hydrogen-bond acceptors (Lipinski definition) is 4. The van der Waals surface area contributed by atoms with Crippen LogP contribution in [0, 0.1) is 0 Å². The first-order chi connectivity index (χ1) is 11.1. The van der Waals surface area contributed by atoms with E-state index in [4.69, 9.17) is 4.74 Å². The fourth-order valence-corrected chi connectivity index (χ4v) is 2.37.